The number of rotatable bonds is 2. The first-order chi connectivity index (χ1) is 6.00. The lowest BCUT2D eigenvalue weighted by atomic mass is 9.79. The molecule has 0 heterocycles. The molecule has 1 saturated carbocycles. The molecule has 1 rings (SSSR count). The van der Waals surface area contributed by atoms with Crippen LogP contribution < -0.4 is 0 Å². The van der Waals surface area contributed by atoms with Gasteiger partial charge in [0.15, 0.2) is 0 Å². The molecule has 1 N–H and O–H groups in total. The standard InChI is InChI=1S/C11H18O2/c1-8(2)6-9-4-5-10(13)11(9,3)7-12/h6,9,12H,4-5,7H2,1-3H3/t9?,11-/m0/s1. The number of ketones is 1. The number of carbonyl (C=O) groups excluding carboxylic acids is 1. The molecule has 13 heavy (non-hydrogen) atoms. The van der Waals surface area contributed by atoms with Gasteiger partial charge < -0.3 is 5.11 Å². The van der Waals surface area contributed by atoms with Crippen molar-refractivity contribution >= 4 is 5.78 Å². The van der Waals surface area contributed by atoms with Crippen molar-refractivity contribution in [2.24, 2.45) is 11.3 Å². The molecule has 0 spiro atoms. The largest absolute Gasteiger partial charge is 0.395 e. The second-order valence-electron chi connectivity index (χ2n) is 4.39. The second kappa shape index (κ2) is 3.62. The van der Waals surface area contributed by atoms with E-state index < -0.39 is 5.41 Å². The summed E-state index contributed by atoms with van der Waals surface area (Å²) in [6.45, 7) is 5.90. The van der Waals surface area contributed by atoms with Crippen LogP contribution in [0.15, 0.2) is 11.6 Å². The summed E-state index contributed by atoms with van der Waals surface area (Å²) in [5, 5.41) is 9.23. The van der Waals surface area contributed by atoms with Crippen LogP contribution in [0, 0.1) is 11.3 Å². The fourth-order valence-corrected chi connectivity index (χ4v) is 1.97. The molecular weight excluding hydrogens is 164 g/mol. The highest BCUT2D eigenvalue weighted by molar-refractivity contribution is 5.87. The van der Waals surface area contributed by atoms with Crippen molar-refractivity contribution < 1.29 is 9.90 Å². The van der Waals surface area contributed by atoms with Gasteiger partial charge in [-0.25, -0.2) is 0 Å². The number of carbonyl (C=O) groups is 1. The van der Waals surface area contributed by atoms with Crippen molar-refractivity contribution in [1.82, 2.24) is 0 Å². The Morgan fingerprint density at radius 1 is 1.69 bits per heavy atom. The number of aliphatic hydroxyl groups excluding tert-OH is 1. The molecule has 1 aliphatic carbocycles. The number of aliphatic hydroxyl groups is 1. The van der Waals surface area contributed by atoms with Crippen LogP contribution in [0.3, 0.4) is 0 Å². The predicted molar refractivity (Wildman–Crippen MR) is 52.4 cm³/mol. The highest BCUT2D eigenvalue weighted by atomic mass is 16.3. The predicted octanol–water partition coefficient (Wildman–Crippen LogP) is 1.93. The molecule has 0 radical (unpaired) electrons. The zero-order valence-corrected chi connectivity index (χ0v) is 8.63. The number of allylic oxidation sites excluding steroid dienone is 2. The minimum absolute atomic E-state index is 0.0275. The lowest BCUT2D eigenvalue weighted by Gasteiger charge is -2.25. The van der Waals surface area contributed by atoms with E-state index in [-0.39, 0.29) is 18.3 Å². The van der Waals surface area contributed by atoms with E-state index in [0.717, 1.165) is 6.42 Å². The van der Waals surface area contributed by atoms with Crippen molar-refractivity contribution in [3.8, 4) is 0 Å². The summed E-state index contributed by atoms with van der Waals surface area (Å²) in [5.74, 6) is 0.438. The van der Waals surface area contributed by atoms with Gasteiger partial charge in [0.05, 0.1) is 12.0 Å². The number of hydrogen-bond acceptors (Lipinski definition) is 2. The third-order valence-electron chi connectivity index (χ3n) is 3.00. The highest BCUT2D eigenvalue weighted by Gasteiger charge is 2.44. The molecule has 74 valence electrons. The van der Waals surface area contributed by atoms with Crippen molar-refractivity contribution in [2.75, 3.05) is 6.61 Å². The summed E-state index contributed by atoms with van der Waals surface area (Å²) < 4.78 is 0. The van der Waals surface area contributed by atoms with Crippen LogP contribution in [0.5, 0.6) is 0 Å². The summed E-state index contributed by atoms with van der Waals surface area (Å²) in [5.41, 5.74) is 0.705. The summed E-state index contributed by atoms with van der Waals surface area (Å²) in [6.07, 6.45) is 3.62. The van der Waals surface area contributed by atoms with Gasteiger partial charge in [-0.15, -0.1) is 0 Å². The molecule has 1 aliphatic rings. The van der Waals surface area contributed by atoms with Gasteiger partial charge in [-0.3, -0.25) is 4.79 Å². The van der Waals surface area contributed by atoms with E-state index in [4.69, 9.17) is 0 Å². The third-order valence-corrected chi connectivity index (χ3v) is 3.00. The Labute approximate surface area is 79.6 Å². The minimum atomic E-state index is -0.517. The topological polar surface area (TPSA) is 37.3 Å². The molecule has 2 nitrogen and oxygen atoms in total. The average Bonchev–Trinajstić information content (AvgIpc) is 2.33. The summed E-state index contributed by atoms with van der Waals surface area (Å²) in [6, 6.07) is 0. The van der Waals surface area contributed by atoms with Gasteiger partial charge in [-0.1, -0.05) is 11.6 Å². The third kappa shape index (κ3) is 1.83. The van der Waals surface area contributed by atoms with Crippen LogP contribution in [0.1, 0.15) is 33.6 Å². The molecule has 1 fully saturated rings. The van der Waals surface area contributed by atoms with E-state index in [0.29, 0.717) is 6.42 Å². The van der Waals surface area contributed by atoms with Crippen molar-refractivity contribution in [3.63, 3.8) is 0 Å². The molecule has 0 aromatic carbocycles. The van der Waals surface area contributed by atoms with Crippen LogP contribution in [-0.4, -0.2) is 17.5 Å². The summed E-state index contributed by atoms with van der Waals surface area (Å²) in [7, 11) is 0. The van der Waals surface area contributed by atoms with E-state index >= 15 is 0 Å². The van der Waals surface area contributed by atoms with Gasteiger partial charge in [0.2, 0.25) is 0 Å². The van der Waals surface area contributed by atoms with E-state index in [2.05, 4.69) is 6.08 Å². The molecule has 1 unspecified atom stereocenters. The zero-order chi connectivity index (χ0) is 10.1. The van der Waals surface area contributed by atoms with Crippen LogP contribution >= 0.6 is 0 Å². The van der Waals surface area contributed by atoms with Crippen LogP contribution in [-0.2, 0) is 4.79 Å². The lowest BCUT2D eigenvalue weighted by molar-refractivity contribution is -0.127. The summed E-state index contributed by atoms with van der Waals surface area (Å²) >= 11 is 0. The van der Waals surface area contributed by atoms with Crippen molar-refractivity contribution in [2.45, 2.75) is 33.6 Å². The normalized spacial score (nSPS) is 33.5. The zero-order valence-electron chi connectivity index (χ0n) is 8.63. The molecule has 0 aromatic rings. The maximum atomic E-state index is 11.5. The van der Waals surface area contributed by atoms with Crippen molar-refractivity contribution in [3.05, 3.63) is 11.6 Å². The molecule has 0 aromatic heterocycles. The number of hydrogen-bond donors (Lipinski definition) is 1. The molecule has 0 amide bonds. The minimum Gasteiger partial charge on any atom is -0.395 e. The first kappa shape index (κ1) is 10.5. The molecule has 0 aliphatic heterocycles. The van der Waals surface area contributed by atoms with Gasteiger partial charge in [-0.05, 0) is 33.1 Å². The van der Waals surface area contributed by atoms with Gasteiger partial charge in [0.25, 0.3) is 0 Å². The van der Waals surface area contributed by atoms with E-state index in [1.54, 1.807) is 0 Å². The van der Waals surface area contributed by atoms with Crippen LogP contribution in [0.25, 0.3) is 0 Å². The highest BCUT2D eigenvalue weighted by Crippen LogP contribution is 2.41. The van der Waals surface area contributed by atoms with Crippen molar-refractivity contribution in [1.29, 1.82) is 0 Å². The molecule has 0 saturated heterocycles. The average molecular weight is 182 g/mol. The fourth-order valence-electron chi connectivity index (χ4n) is 1.97. The van der Waals surface area contributed by atoms with Gasteiger partial charge >= 0.3 is 0 Å². The first-order valence-corrected chi connectivity index (χ1v) is 4.80. The second-order valence-corrected chi connectivity index (χ2v) is 4.39. The first-order valence-electron chi connectivity index (χ1n) is 4.80. The molecule has 2 atom stereocenters. The fraction of sp³-hybridized carbons (Fsp3) is 0.727. The summed E-state index contributed by atoms with van der Waals surface area (Å²) in [4.78, 5) is 11.5. The van der Waals surface area contributed by atoms with Crippen LogP contribution in [0.2, 0.25) is 0 Å². The maximum Gasteiger partial charge on any atom is 0.141 e. The monoisotopic (exact) mass is 182 g/mol. The Morgan fingerprint density at radius 2 is 2.31 bits per heavy atom. The quantitative estimate of drug-likeness (QED) is 0.662. The van der Waals surface area contributed by atoms with Gasteiger partial charge in [0, 0.05) is 6.42 Å². The Bertz CT molecular complexity index is 238. The van der Waals surface area contributed by atoms with Gasteiger partial charge in [0.1, 0.15) is 5.78 Å². The van der Waals surface area contributed by atoms with E-state index in [1.807, 2.05) is 20.8 Å². The van der Waals surface area contributed by atoms with Crippen LogP contribution in [0.4, 0.5) is 0 Å². The Kier molecular flexibility index (Phi) is 2.91. The Morgan fingerprint density at radius 3 is 2.77 bits per heavy atom. The van der Waals surface area contributed by atoms with Gasteiger partial charge in [-0.2, -0.15) is 0 Å². The Hall–Kier alpha value is -0.630. The Balaban J connectivity index is 2.88. The number of Topliss-reactive ketones (excluding diaryl/α,β-unsaturated/α-hetero) is 1. The molecular formula is C11H18O2. The van der Waals surface area contributed by atoms with E-state index in [1.165, 1.54) is 5.57 Å². The SMILES string of the molecule is CC(C)=CC1CCC(=O)[C@@]1(C)CO. The molecule has 2 heteroatoms. The lowest BCUT2D eigenvalue weighted by Crippen LogP contribution is -2.32. The maximum absolute atomic E-state index is 11.5. The van der Waals surface area contributed by atoms with E-state index in [9.17, 15) is 9.90 Å². The molecule has 0 bridgehead atoms. The smallest absolute Gasteiger partial charge is 0.141 e.